The molecular weight excluding hydrogens is 298 g/mol. The minimum Gasteiger partial charge on any atom is -0.373 e. The Balaban J connectivity index is 0.00000176. The van der Waals surface area contributed by atoms with E-state index in [9.17, 15) is 4.79 Å². The van der Waals surface area contributed by atoms with Gasteiger partial charge >= 0.3 is 0 Å². The number of benzene rings is 1. The number of fused-ring (bicyclic) bond motifs is 1. The van der Waals surface area contributed by atoms with Crippen molar-refractivity contribution in [3.8, 4) is 0 Å². The zero-order valence-corrected chi connectivity index (χ0v) is 13.3. The van der Waals surface area contributed by atoms with Gasteiger partial charge < -0.3 is 10.6 Å². The molecule has 2 N–H and O–H groups in total. The quantitative estimate of drug-likeness (QED) is 0.909. The largest absolute Gasteiger partial charge is 0.373 e. The van der Waals surface area contributed by atoms with Crippen molar-refractivity contribution < 1.29 is 4.79 Å². The second kappa shape index (κ2) is 7.27. The van der Waals surface area contributed by atoms with Crippen LogP contribution in [0.3, 0.4) is 0 Å². The first kappa shape index (κ1) is 16.3. The fourth-order valence-electron chi connectivity index (χ4n) is 2.87. The number of nitrogens with zero attached hydrogens (tertiary/aromatic N) is 1. The topological polar surface area (TPSA) is 54.0 Å². The van der Waals surface area contributed by atoms with Gasteiger partial charge in [0, 0.05) is 7.05 Å². The summed E-state index contributed by atoms with van der Waals surface area (Å²) in [5.74, 6) is 0.788. The van der Waals surface area contributed by atoms with Crippen molar-refractivity contribution in [2.75, 3.05) is 17.7 Å². The number of rotatable bonds is 3. The number of nitrogens with one attached hydrogen (secondary N) is 2. The van der Waals surface area contributed by atoms with E-state index in [-0.39, 0.29) is 24.2 Å². The van der Waals surface area contributed by atoms with Crippen molar-refractivity contribution >= 4 is 29.8 Å². The lowest BCUT2D eigenvalue weighted by molar-refractivity contribution is -0.117. The van der Waals surface area contributed by atoms with Crippen LogP contribution in [0.2, 0.25) is 0 Å². The molecule has 0 bridgehead atoms. The van der Waals surface area contributed by atoms with Crippen LogP contribution in [0.1, 0.15) is 29.9 Å². The lowest BCUT2D eigenvalue weighted by Crippen LogP contribution is -2.24. The van der Waals surface area contributed by atoms with Crippen LogP contribution in [0.15, 0.2) is 42.6 Å². The van der Waals surface area contributed by atoms with Crippen LogP contribution >= 0.6 is 12.4 Å². The SMILES string of the molecule is CNc1ccc(NC(=O)C2CCCc3ccccc32)cn1.Cl. The number of hydrogen-bond acceptors (Lipinski definition) is 3. The molecule has 1 aliphatic rings. The molecule has 0 saturated heterocycles. The molecule has 1 aromatic carbocycles. The number of halogens is 1. The summed E-state index contributed by atoms with van der Waals surface area (Å²) in [4.78, 5) is 16.7. The van der Waals surface area contributed by atoms with E-state index in [0.717, 1.165) is 30.8 Å². The van der Waals surface area contributed by atoms with Crippen LogP contribution in [0.4, 0.5) is 11.5 Å². The standard InChI is InChI=1S/C17H19N3O.ClH/c1-18-16-10-9-13(11-19-16)20-17(21)15-8-4-6-12-5-2-3-7-14(12)15;/h2-3,5,7,9-11,15H,4,6,8H2,1H3,(H,18,19)(H,20,21);1H. The Bertz CT molecular complexity index is 643. The highest BCUT2D eigenvalue weighted by Gasteiger charge is 2.26. The summed E-state index contributed by atoms with van der Waals surface area (Å²) < 4.78 is 0. The van der Waals surface area contributed by atoms with Crippen LogP contribution < -0.4 is 10.6 Å². The maximum Gasteiger partial charge on any atom is 0.231 e. The highest BCUT2D eigenvalue weighted by Crippen LogP contribution is 2.32. The molecule has 4 nitrogen and oxygen atoms in total. The van der Waals surface area contributed by atoms with Gasteiger partial charge in [0.05, 0.1) is 17.8 Å². The summed E-state index contributed by atoms with van der Waals surface area (Å²) >= 11 is 0. The molecule has 1 unspecified atom stereocenters. The number of aromatic nitrogens is 1. The molecule has 0 spiro atoms. The summed E-state index contributed by atoms with van der Waals surface area (Å²) in [6.07, 6.45) is 4.72. The summed E-state index contributed by atoms with van der Waals surface area (Å²) in [6.45, 7) is 0. The monoisotopic (exact) mass is 317 g/mol. The summed E-state index contributed by atoms with van der Waals surface area (Å²) in [7, 11) is 1.82. The van der Waals surface area contributed by atoms with Crippen LogP contribution in [0, 0.1) is 0 Å². The van der Waals surface area contributed by atoms with E-state index in [4.69, 9.17) is 0 Å². The van der Waals surface area contributed by atoms with Gasteiger partial charge in [-0.2, -0.15) is 0 Å². The molecule has 1 aromatic heterocycles. The number of carbonyl (C=O) groups is 1. The maximum absolute atomic E-state index is 12.5. The van der Waals surface area contributed by atoms with Crippen LogP contribution in [0.5, 0.6) is 0 Å². The van der Waals surface area contributed by atoms with Crippen molar-refractivity contribution in [2.24, 2.45) is 0 Å². The normalized spacial score (nSPS) is 16.1. The molecule has 3 rings (SSSR count). The van der Waals surface area contributed by atoms with Gasteiger partial charge in [0.15, 0.2) is 0 Å². The molecule has 1 aliphatic carbocycles. The number of carbonyl (C=O) groups excluding carboxylic acids is 1. The average Bonchev–Trinajstić information content (AvgIpc) is 2.55. The summed E-state index contributed by atoms with van der Waals surface area (Å²) in [5.41, 5.74) is 3.20. The minimum atomic E-state index is -0.0565. The molecule has 2 aromatic rings. The third kappa shape index (κ3) is 3.39. The van der Waals surface area contributed by atoms with Gasteiger partial charge in [0.1, 0.15) is 5.82 Å². The molecule has 22 heavy (non-hydrogen) atoms. The van der Waals surface area contributed by atoms with E-state index in [1.807, 2.05) is 31.3 Å². The van der Waals surface area contributed by atoms with E-state index in [1.54, 1.807) is 6.20 Å². The zero-order valence-electron chi connectivity index (χ0n) is 12.5. The Labute approximate surface area is 136 Å². The number of pyridine rings is 1. The Morgan fingerprint density at radius 3 is 2.77 bits per heavy atom. The fraction of sp³-hybridized carbons (Fsp3) is 0.294. The number of anilines is 2. The third-order valence-electron chi connectivity index (χ3n) is 3.97. The van der Waals surface area contributed by atoms with Crippen molar-refractivity contribution in [1.29, 1.82) is 0 Å². The van der Waals surface area contributed by atoms with Gasteiger partial charge in [-0.3, -0.25) is 4.79 Å². The molecule has 1 atom stereocenters. The Morgan fingerprint density at radius 1 is 1.23 bits per heavy atom. The maximum atomic E-state index is 12.5. The van der Waals surface area contributed by atoms with E-state index in [1.165, 1.54) is 11.1 Å². The number of hydrogen-bond donors (Lipinski definition) is 2. The van der Waals surface area contributed by atoms with Gasteiger partial charge in [-0.15, -0.1) is 12.4 Å². The first-order chi connectivity index (χ1) is 10.3. The van der Waals surface area contributed by atoms with Gasteiger partial charge in [0.25, 0.3) is 0 Å². The molecule has 5 heteroatoms. The van der Waals surface area contributed by atoms with Gasteiger partial charge in [0.2, 0.25) is 5.91 Å². The van der Waals surface area contributed by atoms with E-state index < -0.39 is 0 Å². The van der Waals surface area contributed by atoms with Crippen LogP contribution in [-0.2, 0) is 11.2 Å². The predicted molar refractivity (Wildman–Crippen MR) is 91.8 cm³/mol. The second-order valence-corrected chi connectivity index (χ2v) is 5.31. The van der Waals surface area contributed by atoms with Crippen LogP contribution in [-0.4, -0.2) is 17.9 Å². The van der Waals surface area contributed by atoms with Crippen molar-refractivity contribution in [3.63, 3.8) is 0 Å². The van der Waals surface area contributed by atoms with Crippen molar-refractivity contribution in [1.82, 2.24) is 4.98 Å². The molecule has 0 fully saturated rings. The zero-order chi connectivity index (χ0) is 14.7. The first-order valence-electron chi connectivity index (χ1n) is 7.30. The Kier molecular flexibility index (Phi) is 5.39. The summed E-state index contributed by atoms with van der Waals surface area (Å²) in [5, 5.41) is 5.93. The highest BCUT2D eigenvalue weighted by atomic mass is 35.5. The van der Waals surface area contributed by atoms with Gasteiger partial charge in [-0.05, 0) is 42.5 Å². The van der Waals surface area contributed by atoms with E-state index in [2.05, 4.69) is 27.8 Å². The average molecular weight is 318 g/mol. The molecule has 1 amide bonds. The van der Waals surface area contributed by atoms with Crippen molar-refractivity contribution in [3.05, 3.63) is 53.7 Å². The smallest absolute Gasteiger partial charge is 0.231 e. The van der Waals surface area contributed by atoms with Crippen LogP contribution in [0.25, 0.3) is 0 Å². The van der Waals surface area contributed by atoms with Gasteiger partial charge in [-0.1, -0.05) is 24.3 Å². The molecule has 0 radical (unpaired) electrons. The van der Waals surface area contributed by atoms with E-state index >= 15 is 0 Å². The lowest BCUT2D eigenvalue weighted by Gasteiger charge is -2.24. The highest BCUT2D eigenvalue weighted by molar-refractivity contribution is 5.96. The minimum absolute atomic E-state index is 0. The number of amides is 1. The second-order valence-electron chi connectivity index (χ2n) is 5.31. The molecule has 0 aliphatic heterocycles. The Hall–Kier alpha value is -2.07. The predicted octanol–water partition coefficient (Wildman–Crippen LogP) is 3.60. The number of aryl methyl sites for hydroxylation is 1. The lowest BCUT2D eigenvalue weighted by atomic mass is 9.82. The molecular formula is C17H20ClN3O. The summed E-state index contributed by atoms with van der Waals surface area (Å²) in [6, 6.07) is 12.0. The molecule has 116 valence electrons. The van der Waals surface area contributed by atoms with E-state index in [0.29, 0.717) is 0 Å². The third-order valence-corrected chi connectivity index (χ3v) is 3.97. The first-order valence-corrected chi connectivity index (χ1v) is 7.30. The fourth-order valence-corrected chi connectivity index (χ4v) is 2.87. The van der Waals surface area contributed by atoms with Crippen molar-refractivity contribution in [2.45, 2.75) is 25.2 Å². The molecule has 0 saturated carbocycles. The van der Waals surface area contributed by atoms with Gasteiger partial charge in [-0.25, -0.2) is 4.98 Å². The Morgan fingerprint density at radius 2 is 2.05 bits per heavy atom. The molecule has 1 heterocycles.